The third-order valence-corrected chi connectivity index (χ3v) is 5.19. The van der Waals surface area contributed by atoms with Gasteiger partial charge in [0.15, 0.2) is 0 Å². The second-order valence-electron chi connectivity index (χ2n) is 5.57. The third kappa shape index (κ3) is 4.67. The fourth-order valence-corrected chi connectivity index (χ4v) is 3.66. The second-order valence-corrected chi connectivity index (χ2v) is 7.01. The van der Waals surface area contributed by atoms with E-state index in [1.807, 2.05) is 35.6 Å². The number of nitrogens with one attached hydrogen (secondary N) is 1. The molecule has 0 bridgehead atoms. The topological polar surface area (TPSA) is 32.3 Å². The lowest BCUT2D eigenvalue weighted by atomic mass is 10.1. The van der Waals surface area contributed by atoms with Gasteiger partial charge in [-0.15, -0.1) is 11.3 Å². The largest absolute Gasteiger partial charge is 0.351 e. The van der Waals surface area contributed by atoms with E-state index in [9.17, 15) is 4.79 Å². The quantitative estimate of drug-likeness (QED) is 0.839. The molecule has 2 heterocycles. The molecule has 3 rings (SSSR count). The van der Waals surface area contributed by atoms with E-state index >= 15 is 0 Å². The Kier molecular flexibility index (Phi) is 5.49. The summed E-state index contributed by atoms with van der Waals surface area (Å²) >= 11 is 7.68. The molecular formula is C18H19ClN2OS. The predicted molar refractivity (Wildman–Crippen MR) is 96.8 cm³/mol. The van der Waals surface area contributed by atoms with E-state index in [0.29, 0.717) is 11.6 Å². The van der Waals surface area contributed by atoms with Crippen molar-refractivity contribution >= 4 is 34.9 Å². The maximum absolute atomic E-state index is 11.8. The van der Waals surface area contributed by atoms with E-state index < -0.39 is 0 Å². The normalized spacial score (nSPS) is 14.8. The number of benzene rings is 1. The minimum absolute atomic E-state index is 0.0619. The van der Waals surface area contributed by atoms with Crippen molar-refractivity contribution in [2.75, 3.05) is 19.6 Å². The highest BCUT2D eigenvalue weighted by molar-refractivity contribution is 7.10. The van der Waals surface area contributed by atoms with Gasteiger partial charge in [0.05, 0.1) is 0 Å². The van der Waals surface area contributed by atoms with Gasteiger partial charge in [0.1, 0.15) is 0 Å². The van der Waals surface area contributed by atoms with Crippen LogP contribution >= 0.6 is 22.9 Å². The van der Waals surface area contributed by atoms with Crippen LogP contribution in [0.1, 0.15) is 16.0 Å². The van der Waals surface area contributed by atoms with Crippen LogP contribution in [0, 0.1) is 0 Å². The van der Waals surface area contributed by atoms with Crippen LogP contribution in [-0.4, -0.2) is 30.4 Å². The van der Waals surface area contributed by atoms with Crippen LogP contribution in [0.25, 0.3) is 6.08 Å². The molecule has 3 nitrogen and oxygen atoms in total. The smallest absolute Gasteiger partial charge is 0.244 e. The van der Waals surface area contributed by atoms with E-state index in [-0.39, 0.29) is 5.91 Å². The monoisotopic (exact) mass is 346 g/mol. The van der Waals surface area contributed by atoms with E-state index in [1.165, 1.54) is 10.4 Å². The molecule has 2 aromatic rings. The Bertz CT molecular complexity index is 693. The first-order chi connectivity index (χ1) is 11.2. The van der Waals surface area contributed by atoms with Crippen molar-refractivity contribution < 1.29 is 4.79 Å². The lowest BCUT2D eigenvalue weighted by Crippen LogP contribution is -2.37. The molecule has 1 aliphatic heterocycles. The van der Waals surface area contributed by atoms with Gasteiger partial charge < -0.3 is 5.32 Å². The van der Waals surface area contributed by atoms with Gasteiger partial charge in [0.2, 0.25) is 5.91 Å². The fraction of sp³-hybridized carbons (Fsp3) is 0.278. The minimum Gasteiger partial charge on any atom is -0.351 e. The molecule has 120 valence electrons. The summed E-state index contributed by atoms with van der Waals surface area (Å²) in [6.07, 6.45) is 4.48. The average molecular weight is 347 g/mol. The first-order valence-electron chi connectivity index (χ1n) is 7.70. The van der Waals surface area contributed by atoms with E-state index in [0.717, 1.165) is 31.6 Å². The molecule has 0 spiro atoms. The third-order valence-electron chi connectivity index (χ3n) is 3.91. The van der Waals surface area contributed by atoms with Gasteiger partial charge in [-0.1, -0.05) is 23.7 Å². The standard InChI is InChI=1S/C18H19ClN2OS/c19-16-4-1-14(2-5-16)3-6-18(22)20-9-11-21-10-7-17-15(13-21)8-12-23-17/h1-6,8,12H,7,9-11,13H2,(H,20,22). The number of halogens is 1. The molecule has 0 saturated heterocycles. The maximum Gasteiger partial charge on any atom is 0.244 e. The highest BCUT2D eigenvalue weighted by atomic mass is 35.5. The average Bonchev–Trinajstić information content (AvgIpc) is 3.02. The van der Waals surface area contributed by atoms with Gasteiger partial charge >= 0.3 is 0 Å². The van der Waals surface area contributed by atoms with Crippen molar-refractivity contribution in [3.63, 3.8) is 0 Å². The lowest BCUT2D eigenvalue weighted by Gasteiger charge is -2.26. The zero-order chi connectivity index (χ0) is 16.1. The van der Waals surface area contributed by atoms with Crippen LogP contribution in [0.5, 0.6) is 0 Å². The molecule has 1 aromatic carbocycles. The highest BCUT2D eigenvalue weighted by Gasteiger charge is 2.16. The number of hydrogen-bond acceptors (Lipinski definition) is 3. The molecular weight excluding hydrogens is 328 g/mol. The summed E-state index contributed by atoms with van der Waals surface area (Å²) in [6, 6.07) is 9.61. The van der Waals surface area contributed by atoms with Crippen LogP contribution in [0.3, 0.4) is 0 Å². The molecule has 1 aliphatic rings. The van der Waals surface area contributed by atoms with Crippen molar-refractivity contribution in [3.05, 3.63) is 62.8 Å². The van der Waals surface area contributed by atoms with Gasteiger partial charge in [-0.05, 0) is 47.2 Å². The fourth-order valence-electron chi connectivity index (χ4n) is 2.64. The van der Waals surface area contributed by atoms with Crippen molar-refractivity contribution in [1.29, 1.82) is 0 Å². The molecule has 0 unspecified atom stereocenters. The summed E-state index contributed by atoms with van der Waals surface area (Å²) < 4.78 is 0. The van der Waals surface area contributed by atoms with Gasteiger partial charge in [-0.3, -0.25) is 9.69 Å². The van der Waals surface area contributed by atoms with Crippen molar-refractivity contribution in [2.24, 2.45) is 0 Å². The number of thiophene rings is 1. The second kappa shape index (κ2) is 7.77. The molecule has 1 aromatic heterocycles. The van der Waals surface area contributed by atoms with Crippen molar-refractivity contribution in [3.8, 4) is 0 Å². The van der Waals surface area contributed by atoms with Crippen molar-refractivity contribution in [1.82, 2.24) is 10.2 Å². The summed E-state index contributed by atoms with van der Waals surface area (Å²) in [5.41, 5.74) is 2.40. The molecule has 5 heteroatoms. The number of hydrogen-bond donors (Lipinski definition) is 1. The summed E-state index contributed by atoms with van der Waals surface area (Å²) in [5.74, 6) is -0.0619. The number of amides is 1. The molecule has 1 N–H and O–H groups in total. The van der Waals surface area contributed by atoms with Gasteiger partial charge in [-0.25, -0.2) is 0 Å². The molecule has 0 radical (unpaired) electrons. The maximum atomic E-state index is 11.8. The summed E-state index contributed by atoms with van der Waals surface area (Å²) in [5, 5.41) is 5.80. The van der Waals surface area contributed by atoms with E-state index in [2.05, 4.69) is 21.7 Å². The Morgan fingerprint density at radius 2 is 2.13 bits per heavy atom. The van der Waals surface area contributed by atoms with Gasteiger partial charge in [0.25, 0.3) is 0 Å². The van der Waals surface area contributed by atoms with Gasteiger partial charge in [0, 0.05) is 42.2 Å². The molecule has 0 saturated carbocycles. The van der Waals surface area contributed by atoms with Crippen LogP contribution in [-0.2, 0) is 17.8 Å². The van der Waals surface area contributed by atoms with E-state index in [1.54, 1.807) is 12.2 Å². The Balaban J connectivity index is 1.40. The molecule has 23 heavy (non-hydrogen) atoms. The Hall–Kier alpha value is -1.62. The van der Waals surface area contributed by atoms with Gasteiger partial charge in [-0.2, -0.15) is 0 Å². The Morgan fingerprint density at radius 1 is 1.30 bits per heavy atom. The Morgan fingerprint density at radius 3 is 2.96 bits per heavy atom. The number of nitrogens with zero attached hydrogens (tertiary/aromatic N) is 1. The zero-order valence-corrected chi connectivity index (χ0v) is 14.4. The van der Waals surface area contributed by atoms with Crippen LogP contribution in [0.4, 0.5) is 0 Å². The predicted octanol–water partition coefficient (Wildman–Crippen LogP) is 3.59. The van der Waals surface area contributed by atoms with Crippen LogP contribution in [0.2, 0.25) is 5.02 Å². The van der Waals surface area contributed by atoms with Crippen LogP contribution in [0.15, 0.2) is 41.8 Å². The first-order valence-corrected chi connectivity index (χ1v) is 8.95. The summed E-state index contributed by atoms with van der Waals surface area (Å²) in [4.78, 5) is 15.7. The SMILES string of the molecule is O=C(C=Cc1ccc(Cl)cc1)NCCN1CCc2sccc2C1. The number of carbonyl (C=O) groups is 1. The number of carbonyl (C=O) groups excluding carboxylic acids is 1. The first kappa shape index (κ1) is 16.2. The molecule has 0 fully saturated rings. The van der Waals surface area contributed by atoms with Crippen molar-refractivity contribution in [2.45, 2.75) is 13.0 Å². The molecule has 1 amide bonds. The molecule has 0 aliphatic carbocycles. The van der Waals surface area contributed by atoms with Crippen LogP contribution < -0.4 is 5.32 Å². The zero-order valence-electron chi connectivity index (χ0n) is 12.8. The molecule has 0 atom stereocenters. The summed E-state index contributed by atoms with van der Waals surface area (Å²) in [6.45, 7) is 3.62. The number of fused-ring (bicyclic) bond motifs is 1. The Labute approximate surface area is 145 Å². The van der Waals surface area contributed by atoms with E-state index in [4.69, 9.17) is 11.6 Å². The lowest BCUT2D eigenvalue weighted by molar-refractivity contribution is -0.116. The highest BCUT2D eigenvalue weighted by Crippen LogP contribution is 2.23. The summed E-state index contributed by atoms with van der Waals surface area (Å²) in [7, 11) is 0. The minimum atomic E-state index is -0.0619. The number of rotatable bonds is 5.